The molecule has 0 saturated heterocycles. The van der Waals surface area contributed by atoms with Gasteiger partial charge in [-0.2, -0.15) is 0 Å². The number of amides is 1. The zero-order valence-electron chi connectivity index (χ0n) is 14.4. The van der Waals surface area contributed by atoms with Gasteiger partial charge in [0.15, 0.2) is 0 Å². The van der Waals surface area contributed by atoms with E-state index in [2.05, 4.69) is 15.3 Å². The largest absolute Gasteiger partial charge is 0.378 e. The van der Waals surface area contributed by atoms with E-state index in [9.17, 15) is 4.79 Å². The number of ether oxygens (including phenoxy) is 1. The number of hydrogen-bond acceptors (Lipinski definition) is 5. The number of carbonyl (C=O) groups excluding carboxylic acids is 1. The van der Waals surface area contributed by atoms with E-state index in [0.717, 1.165) is 50.3 Å². The van der Waals surface area contributed by atoms with E-state index in [1.807, 2.05) is 4.90 Å². The van der Waals surface area contributed by atoms with Gasteiger partial charge >= 0.3 is 0 Å². The highest BCUT2D eigenvalue weighted by atomic mass is 16.5. The van der Waals surface area contributed by atoms with Crippen molar-refractivity contribution in [1.82, 2.24) is 14.9 Å². The van der Waals surface area contributed by atoms with E-state index in [-0.39, 0.29) is 11.5 Å². The minimum absolute atomic E-state index is 0.200. The van der Waals surface area contributed by atoms with E-state index in [0.29, 0.717) is 12.5 Å². The van der Waals surface area contributed by atoms with Crippen LogP contribution in [0.3, 0.4) is 0 Å². The summed E-state index contributed by atoms with van der Waals surface area (Å²) in [4.78, 5) is 23.6. The molecule has 0 aromatic carbocycles. The summed E-state index contributed by atoms with van der Waals surface area (Å²) in [5, 5.41) is 3.51. The molecule has 0 unspecified atom stereocenters. The lowest BCUT2D eigenvalue weighted by Gasteiger charge is -2.41. The molecule has 1 aliphatic heterocycles. The van der Waals surface area contributed by atoms with Crippen LogP contribution in [-0.4, -0.2) is 52.6 Å². The standard InChI is InChI=1S/C18H26N4O2/c1-24-18(7-2-8-18)11-16(23)22-9-5-14-15(6-10-22)19-12-20-17(14)21-13-3-4-13/h12-13H,2-11H2,1H3,(H,19,20,21). The van der Waals surface area contributed by atoms with E-state index >= 15 is 0 Å². The highest BCUT2D eigenvalue weighted by molar-refractivity contribution is 5.77. The number of hydrogen-bond donors (Lipinski definition) is 1. The van der Waals surface area contributed by atoms with Gasteiger partial charge in [-0.25, -0.2) is 9.97 Å². The number of nitrogens with zero attached hydrogens (tertiary/aromatic N) is 3. The smallest absolute Gasteiger partial charge is 0.225 e. The minimum Gasteiger partial charge on any atom is -0.378 e. The van der Waals surface area contributed by atoms with Gasteiger partial charge in [-0.3, -0.25) is 4.79 Å². The van der Waals surface area contributed by atoms with E-state index in [4.69, 9.17) is 4.74 Å². The van der Waals surface area contributed by atoms with Gasteiger partial charge < -0.3 is 15.0 Å². The number of nitrogens with one attached hydrogen (secondary N) is 1. The maximum atomic E-state index is 12.7. The molecule has 1 N–H and O–H groups in total. The Morgan fingerprint density at radius 3 is 2.79 bits per heavy atom. The maximum absolute atomic E-state index is 12.7. The predicted molar refractivity (Wildman–Crippen MR) is 90.9 cm³/mol. The molecule has 4 rings (SSSR count). The Morgan fingerprint density at radius 1 is 1.33 bits per heavy atom. The molecule has 3 aliphatic rings. The quantitative estimate of drug-likeness (QED) is 0.893. The van der Waals surface area contributed by atoms with Crippen molar-refractivity contribution < 1.29 is 9.53 Å². The van der Waals surface area contributed by atoms with Crippen LogP contribution < -0.4 is 5.32 Å². The molecule has 2 saturated carbocycles. The van der Waals surface area contributed by atoms with Gasteiger partial charge in [0.1, 0.15) is 12.1 Å². The zero-order chi connectivity index (χ0) is 16.6. The first-order chi connectivity index (χ1) is 11.7. The molecular formula is C18H26N4O2. The lowest BCUT2D eigenvalue weighted by Crippen LogP contribution is -2.45. The van der Waals surface area contributed by atoms with Gasteiger partial charge in [-0.1, -0.05) is 0 Å². The molecule has 0 spiro atoms. The second-order valence-electron chi connectivity index (χ2n) is 7.36. The first kappa shape index (κ1) is 15.8. The molecule has 6 heteroatoms. The molecule has 130 valence electrons. The van der Waals surface area contributed by atoms with Crippen molar-refractivity contribution >= 4 is 11.7 Å². The van der Waals surface area contributed by atoms with E-state index < -0.39 is 0 Å². The number of rotatable bonds is 5. The van der Waals surface area contributed by atoms with Crippen LogP contribution in [0.2, 0.25) is 0 Å². The lowest BCUT2D eigenvalue weighted by atomic mass is 9.77. The van der Waals surface area contributed by atoms with Crippen molar-refractivity contribution in [3.8, 4) is 0 Å². The summed E-state index contributed by atoms with van der Waals surface area (Å²) in [6, 6.07) is 0.574. The summed E-state index contributed by atoms with van der Waals surface area (Å²) in [7, 11) is 1.73. The minimum atomic E-state index is -0.200. The third-order valence-electron chi connectivity index (χ3n) is 5.73. The highest BCUT2D eigenvalue weighted by Crippen LogP contribution is 2.38. The second kappa shape index (κ2) is 6.31. The van der Waals surface area contributed by atoms with Crippen LogP contribution >= 0.6 is 0 Å². The number of aromatic nitrogens is 2. The molecule has 1 aromatic rings. The Labute approximate surface area is 143 Å². The van der Waals surface area contributed by atoms with Gasteiger partial charge in [-0.15, -0.1) is 0 Å². The molecule has 0 bridgehead atoms. The monoisotopic (exact) mass is 330 g/mol. The Kier molecular flexibility index (Phi) is 4.16. The van der Waals surface area contributed by atoms with Crippen molar-refractivity contribution in [2.45, 2.75) is 63.0 Å². The number of anilines is 1. The third-order valence-corrected chi connectivity index (χ3v) is 5.73. The Morgan fingerprint density at radius 2 is 2.12 bits per heavy atom. The van der Waals surface area contributed by atoms with Crippen LogP contribution in [0.25, 0.3) is 0 Å². The molecule has 2 heterocycles. The Balaban J connectivity index is 1.43. The van der Waals surface area contributed by atoms with Gasteiger partial charge in [0.2, 0.25) is 5.91 Å². The van der Waals surface area contributed by atoms with E-state index in [1.54, 1.807) is 13.4 Å². The maximum Gasteiger partial charge on any atom is 0.225 e. The number of methoxy groups -OCH3 is 1. The normalized spacial score (nSPS) is 22.3. The molecule has 0 atom stereocenters. The third kappa shape index (κ3) is 3.11. The Bertz CT molecular complexity index is 620. The van der Waals surface area contributed by atoms with Crippen LogP contribution in [-0.2, 0) is 22.4 Å². The molecule has 1 amide bonds. The van der Waals surface area contributed by atoms with Crippen molar-refractivity contribution in [3.63, 3.8) is 0 Å². The van der Waals surface area contributed by atoms with Gasteiger partial charge in [0.25, 0.3) is 0 Å². The summed E-state index contributed by atoms with van der Waals surface area (Å²) >= 11 is 0. The second-order valence-corrected chi connectivity index (χ2v) is 7.36. The van der Waals surface area contributed by atoms with Gasteiger partial charge in [0, 0.05) is 38.2 Å². The van der Waals surface area contributed by atoms with Crippen LogP contribution in [0.5, 0.6) is 0 Å². The molecular weight excluding hydrogens is 304 g/mol. The van der Waals surface area contributed by atoms with Crippen LogP contribution in [0.1, 0.15) is 49.8 Å². The summed E-state index contributed by atoms with van der Waals surface area (Å²) in [5.74, 6) is 1.19. The van der Waals surface area contributed by atoms with Crippen LogP contribution in [0.4, 0.5) is 5.82 Å². The fourth-order valence-electron chi connectivity index (χ4n) is 3.73. The van der Waals surface area contributed by atoms with Crippen LogP contribution in [0, 0.1) is 0 Å². The lowest BCUT2D eigenvalue weighted by molar-refractivity contribution is -0.144. The predicted octanol–water partition coefficient (Wildman–Crippen LogP) is 1.94. The SMILES string of the molecule is COC1(CC(=O)N2CCc3ncnc(NC4CC4)c3CC2)CCC1. The summed E-state index contributed by atoms with van der Waals surface area (Å²) < 4.78 is 5.62. The molecule has 2 fully saturated rings. The number of carbonyl (C=O) groups is 1. The fraction of sp³-hybridized carbons (Fsp3) is 0.722. The topological polar surface area (TPSA) is 67.3 Å². The van der Waals surface area contributed by atoms with E-state index in [1.165, 1.54) is 24.8 Å². The summed E-state index contributed by atoms with van der Waals surface area (Å²) in [6.07, 6.45) is 9.42. The van der Waals surface area contributed by atoms with Gasteiger partial charge in [-0.05, 0) is 38.5 Å². The fourth-order valence-corrected chi connectivity index (χ4v) is 3.73. The average molecular weight is 330 g/mol. The van der Waals surface area contributed by atoms with Crippen molar-refractivity contribution in [1.29, 1.82) is 0 Å². The summed E-state index contributed by atoms with van der Waals surface area (Å²) in [6.45, 7) is 1.49. The highest BCUT2D eigenvalue weighted by Gasteiger charge is 2.40. The molecule has 1 aromatic heterocycles. The molecule has 2 aliphatic carbocycles. The summed E-state index contributed by atoms with van der Waals surface area (Å²) in [5.41, 5.74) is 2.09. The average Bonchev–Trinajstić information content (AvgIpc) is 3.37. The van der Waals surface area contributed by atoms with Gasteiger partial charge in [0.05, 0.1) is 17.7 Å². The van der Waals surface area contributed by atoms with Crippen molar-refractivity contribution in [2.24, 2.45) is 0 Å². The van der Waals surface area contributed by atoms with Crippen molar-refractivity contribution in [2.75, 3.05) is 25.5 Å². The van der Waals surface area contributed by atoms with Crippen molar-refractivity contribution in [3.05, 3.63) is 17.6 Å². The zero-order valence-corrected chi connectivity index (χ0v) is 14.4. The Hall–Kier alpha value is -1.69. The molecule has 0 radical (unpaired) electrons. The molecule has 6 nitrogen and oxygen atoms in total. The molecule has 24 heavy (non-hydrogen) atoms. The first-order valence-corrected chi connectivity index (χ1v) is 9.11. The first-order valence-electron chi connectivity index (χ1n) is 9.11. The van der Waals surface area contributed by atoms with Crippen LogP contribution in [0.15, 0.2) is 6.33 Å². The number of fused-ring (bicyclic) bond motifs is 1.